The first kappa shape index (κ1) is 12.2. The van der Waals surface area contributed by atoms with Gasteiger partial charge in [-0.05, 0) is 54.9 Å². The molecule has 98 valence electrons. The summed E-state index contributed by atoms with van der Waals surface area (Å²) in [5, 5.41) is 0. The minimum absolute atomic E-state index is 0.0827. The molecule has 2 fully saturated rings. The molecule has 0 radical (unpaired) electrons. The van der Waals surface area contributed by atoms with Crippen molar-refractivity contribution in [2.24, 2.45) is 23.0 Å². The van der Waals surface area contributed by atoms with Gasteiger partial charge < -0.3 is 5.73 Å². The zero-order chi connectivity index (χ0) is 12.8. The normalized spacial score (nSPS) is 37.1. The SMILES string of the molecule is CCC1(CC)[C@H]2CC[C@H](C2)[C@]1(N)c1ccccc1. The first-order valence-corrected chi connectivity index (χ1v) is 7.53. The van der Waals surface area contributed by atoms with Crippen LogP contribution in [0, 0.1) is 17.3 Å². The number of hydrogen-bond donors (Lipinski definition) is 1. The summed E-state index contributed by atoms with van der Waals surface area (Å²) >= 11 is 0. The van der Waals surface area contributed by atoms with Gasteiger partial charge in [-0.3, -0.25) is 0 Å². The van der Waals surface area contributed by atoms with Gasteiger partial charge in [-0.25, -0.2) is 0 Å². The van der Waals surface area contributed by atoms with E-state index in [0.717, 1.165) is 5.92 Å². The largest absolute Gasteiger partial charge is 0.321 e. The third kappa shape index (κ3) is 1.26. The van der Waals surface area contributed by atoms with Crippen LogP contribution in [-0.4, -0.2) is 0 Å². The van der Waals surface area contributed by atoms with Crippen molar-refractivity contribution in [1.29, 1.82) is 0 Å². The molecule has 0 aromatic heterocycles. The third-order valence-corrected chi connectivity index (χ3v) is 6.20. The fourth-order valence-corrected chi connectivity index (χ4v) is 5.29. The van der Waals surface area contributed by atoms with Crippen LogP contribution in [0.25, 0.3) is 0 Å². The molecule has 3 atom stereocenters. The maximum absolute atomic E-state index is 7.07. The van der Waals surface area contributed by atoms with Gasteiger partial charge in [0.1, 0.15) is 0 Å². The Morgan fingerprint density at radius 2 is 1.67 bits per heavy atom. The molecular weight excluding hydrogens is 218 g/mol. The van der Waals surface area contributed by atoms with Crippen LogP contribution in [0.15, 0.2) is 30.3 Å². The van der Waals surface area contributed by atoms with E-state index in [4.69, 9.17) is 5.73 Å². The molecule has 3 rings (SSSR count). The summed E-state index contributed by atoms with van der Waals surface area (Å²) in [6, 6.07) is 10.9. The van der Waals surface area contributed by atoms with Crippen LogP contribution in [0.1, 0.15) is 51.5 Å². The Bertz CT molecular complexity index is 420. The van der Waals surface area contributed by atoms with Crippen molar-refractivity contribution in [2.75, 3.05) is 0 Å². The fourth-order valence-electron chi connectivity index (χ4n) is 5.29. The van der Waals surface area contributed by atoms with Crippen molar-refractivity contribution in [3.63, 3.8) is 0 Å². The minimum Gasteiger partial charge on any atom is -0.321 e. The number of nitrogens with two attached hydrogens (primary N) is 1. The highest BCUT2D eigenvalue weighted by Gasteiger charge is 2.64. The quantitative estimate of drug-likeness (QED) is 0.850. The standard InChI is InChI=1S/C17H25N/c1-3-16(4-2)14-10-11-15(12-14)17(16,18)13-8-6-5-7-9-13/h5-9,14-15H,3-4,10-12,18H2,1-2H3/t14-,15+,17+/m0/s1. The minimum atomic E-state index is -0.0827. The second-order valence-electron chi connectivity index (χ2n) is 6.31. The lowest BCUT2D eigenvalue weighted by Gasteiger charge is -2.51. The molecule has 0 saturated heterocycles. The van der Waals surface area contributed by atoms with Crippen LogP contribution >= 0.6 is 0 Å². The van der Waals surface area contributed by atoms with E-state index in [2.05, 4.69) is 44.2 Å². The van der Waals surface area contributed by atoms with E-state index >= 15 is 0 Å². The van der Waals surface area contributed by atoms with Gasteiger partial charge >= 0.3 is 0 Å². The molecule has 0 spiro atoms. The molecule has 1 aromatic carbocycles. The molecule has 2 bridgehead atoms. The molecule has 0 aliphatic heterocycles. The average molecular weight is 243 g/mol. The number of hydrogen-bond acceptors (Lipinski definition) is 1. The van der Waals surface area contributed by atoms with Crippen LogP contribution in [0.5, 0.6) is 0 Å². The van der Waals surface area contributed by atoms with Crippen molar-refractivity contribution in [1.82, 2.24) is 0 Å². The fraction of sp³-hybridized carbons (Fsp3) is 0.647. The van der Waals surface area contributed by atoms with Gasteiger partial charge in [0.15, 0.2) is 0 Å². The van der Waals surface area contributed by atoms with Crippen molar-refractivity contribution in [3.05, 3.63) is 35.9 Å². The summed E-state index contributed by atoms with van der Waals surface area (Å²) < 4.78 is 0. The summed E-state index contributed by atoms with van der Waals surface area (Å²) in [6.45, 7) is 4.68. The Balaban J connectivity index is 2.13. The van der Waals surface area contributed by atoms with Crippen molar-refractivity contribution < 1.29 is 0 Å². The maximum atomic E-state index is 7.07. The van der Waals surface area contributed by atoms with Crippen molar-refractivity contribution >= 4 is 0 Å². The second-order valence-corrected chi connectivity index (χ2v) is 6.31. The lowest BCUT2D eigenvalue weighted by molar-refractivity contribution is 0.0355. The Labute approximate surface area is 111 Å². The summed E-state index contributed by atoms with van der Waals surface area (Å²) in [4.78, 5) is 0. The molecule has 1 aromatic rings. The Hall–Kier alpha value is -0.820. The molecular formula is C17H25N. The summed E-state index contributed by atoms with van der Waals surface area (Å²) in [6.07, 6.45) is 6.52. The molecule has 0 unspecified atom stereocenters. The zero-order valence-electron chi connectivity index (χ0n) is 11.7. The van der Waals surface area contributed by atoms with Crippen LogP contribution in [0.3, 0.4) is 0 Å². The van der Waals surface area contributed by atoms with Crippen molar-refractivity contribution in [3.8, 4) is 0 Å². The van der Waals surface area contributed by atoms with Gasteiger partial charge in [0.2, 0.25) is 0 Å². The second kappa shape index (κ2) is 4.09. The van der Waals surface area contributed by atoms with E-state index in [1.165, 1.54) is 37.7 Å². The molecule has 2 saturated carbocycles. The predicted octanol–water partition coefficient (Wildman–Crippen LogP) is 4.08. The molecule has 2 N–H and O–H groups in total. The Morgan fingerprint density at radius 3 is 2.28 bits per heavy atom. The van der Waals surface area contributed by atoms with Gasteiger partial charge in [-0.2, -0.15) is 0 Å². The van der Waals surface area contributed by atoms with Gasteiger partial charge in [0, 0.05) is 5.54 Å². The van der Waals surface area contributed by atoms with Crippen molar-refractivity contribution in [2.45, 2.75) is 51.5 Å². The third-order valence-electron chi connectivity index (χ3n) is 6.20. The average Bonchev–Trinajstić information content (AvgIpc) is 2.99. The van der Waals surface area contributed by atoms with Gasteiger partial charge in [-0.15, -0.1) is 0 Å². The smallest absolute Gasteiger partial charge is 0.0497 e. The zero-order valence-corrected chi connectivity index (χ0v) is 11.7. The molecule has 2 aliphatic carbocycles. The molecule has 1 heteroatoms. The van der Waals surface area contributed by atoms with E-state index < -0.39 is 0 Å². The van der Waals surface area contributed by atoms with E-state index in [9.17, 15) is 0 Å². The highest BCUT2D eigenvalue weighted by molar-refractivity contribution is 5.33. The molecule has 0 heterocycles. The number of fused-ring (bicyclic) bond motifs is 2. The highest BCUT2D eigenvalue weighted by atomic mass is 14.9. The molecule has 0 amide bonds. The molecule has 18 heavy (non-hydrogen) atoms. The van der Waals surface area contributed by atoms with Crippen LogP contribution in [0.4, 0.5) is 0 Å². The van der Waals surface area contributed by atoms with E-state index in [-0.39, 0.29) is 5.54 Å². The number of benzene rings is 1. The highest BCUT2D eigenvalue weighted by Crippen LogP contribution is 2.67. The van der Waals surface area contributed by atoms with E-state index in [0.29, 0.717) is 11.3 Å². The predicted molar refractivity (Wildman–Crippen MR) is 76.2 cm³/mol. The number of rotatable bonds is 3. The monoisotopic (exact) mass is 243 g/mol. The van der Waals surface area contributed by atoms with Crippen LogP contribution in [0.2, 0.25) is 0 Å². The summed E-state index contributed by atoms with van der Waals surface area (Å²) in [5.41, 5.74) is 8.69. The summed E-state index contributed by atoms with van der Waals surface area (Å²) in [5.74, 6) is 1.55. The van der Waals surface area contributed by atoms with Gasteiger partial charge in [0.05, 0.1) is 0 Å². The summed E-state index contributed by atoms with van der Waals surface area (Å²) in [7, 11) is 0. The first-order chi connectivity index (χ1) is 8.69. The topological polar surface area (TPSA) is 26.0 Å². The van der Waals surface area contributed by atoms with Crippen LogP contribution < -0.4 is 5.73 Å². The van der Waals surface area contributed by atoms with Gasteiger partial charge in [-0.1, -0.05) is 44.2 Å². The Morgan fingerprint density at radius 1 is 1.06 bits per heavy atom. The van der Waals surface area contributed by atoms with Gasteiger partial charge in [0.25, 0.3) is 0 Å². The van der Waals surface area contributed by atoms with E-state index in [1.807, 2.05) is 0 Å². The first-order valence-electron chi connectivity index (χ1n) is 7.53. The van der Waals surface area contributed by atoms with Crippen LogP contribution in [-0.2, 0) is 5.54 Å². The maximum Gasteiger partial charge on any atom is 0.0497 e. The molecule has 2 aliphatic rings. The molecule has 1 nitrogen and oxygen atoms in total. The van der Waals surface area contributed by atoms with E-state index in [1.54, 1.807) is 0 Å². The lowest BCUT2D eigenvalue weighted by Crippen LogP contribution is -2.56. The lowest BCUT2D eigenvalue weighted by atomic mass is 9.56. The Kier molecular flexibility index (Phi) is 2.78.